The van der Waals surface area contributed by atoms with Gasteiger partial charge in [-0.1, -0.05) is 18.2 Å². The number of hydrogen-bond acceptors (Lipinski definition) is 7. The van der Waals surface area contributed by atoms with Gasteiger partial charge >= 0.3 is 6.18 Å². The highest BCUT2D eigenvalue weighted by atomic mass is 32.2. The molecule has 1 atom stereocenters. The van der Waals surface area contributed by atoms with Crippen molar-refractivity contribution < 1.29 is 32.9 Å². The van der Waals surface area contributed by atoms with Crippen LogP contribution in [-0.4, -0.2) is 68.4 Å². The summed E-state index contributed by atoms with van der Waals surface area (Å²) in [5.74, 6) is -0.355. The van der Waals surface area contributed by atoms with Gasteiger partial charge in [-0.2, -0.15) is 23.3 Å². The van der Waals surface area contributed by atoms with E-state index in [9.17, 15) is 28.2 Å². The molecule has 0 unspecified atom stereocenters. The van der Waals surface area contributed by atoms with Gasteiger partial charge in [0.2, 0.25) is 0 Å². The highest BCUT2D eigenvalue weighted by molar-refractivity contribution is 8.18. The van der Waals surface area contributed by atoms with Crippen LogP contribution in [0, 0.1) is 0 Å². The average Bonchev–Trinajstić information content (AvgIpc) is 3.45. The lowest BCUT2D eigenvalue weighted by Gasteiger charge is -2.32. The van der Waals surface area contributed by atoms with Gasteiger partial charge in [-0.25, -0.2) is 0 Å². The highest BCUT2D eigenvalue weighted by Gasteiger charge is 2.35. The van der Waals surface area contributed by atoms with E-state index in [1.807, 2.05) is 11.0 Å². The first kappa shape index (κ1) is 27.4. The molecule has 5 rings (SSSR count). The first-order valence-corrected chi connectivity index (χ1v) is 13.1. The zero-order chi connectivity index (χ0) is 27.9. The second-order valence-corrected chi connectivity index (χ2v) is 11.0. The molecular formula is C27H27F3N4O4S. The fourth-order valence-electron chi connectivity index (χ4n) is 4.53. The summed E-state index contributed by atoms with van der Waals surface area (Å²) in [6.07, 6.45) is -1.62. The van der Waals surface area contributed by atoms with E-state index in [4.69, 9.17) is 4.74 Å². The van der Waals surface area contributed by atoms with Gasteiger partial charge in [-0.3, -0.25) is 9.48 Å². The van der Waals surface area contributed by atoms with Gasteiger partial charge in [0.05, 0.1) is 53.6 Å². The van der Waals surface area contributed by atoms with Crippen LogP contribution < -0.4 is 0 Å². The number of aliphatic imine (C=N–C) groups is 1. The number of fused-ring (bicyclic) bond motifs is 1. The molecular weight excluding hydrogens is 533 g/mol. The summed E-state index contributed by atoms with van der Waals surface area (Å²) in [5.41, 5.74) is -0.634. The van der Waals surface area contributed by atoms with Crippen LogP contribution in [0.1, 0.15) is 36.1 Å². The Morgan fingerprint density at radius 3 is 2.72 bits per heavy atom. The fourth-order valence-corrected chi connectivity index (χ4v) is 5.48. The van der Waals surface area contributed by atoms with E-state index in [1.165, 1.54) is 42.4 Å². The van der Waals surface area contributed by atoms with Crippen LogP contribution in [0.15, 0.2) is 52.5 Å². The summed E-state index contributed by atoms with van der Waals surface area (Å²) in [7, 11) is 0. The molecule has 0 aliphatic carbocycles. The number of ether oxygens (including phenoxy) is 1. The molecule has 3 heterocycles. The number of rotatable bonds is 5. The normalized spacial score (nSPS) is 19.8. The van der Waals surface area contributed by atoms with Crippen molar-refractivity contribution >= 4 is 39.8 Å². The lowest BCUT2D eigenvalue weighted by Crippen LogP contribution is -2.45. The van der Waals surface area contributed by atoms with Crippen molar-refractivity contribution in [2.45, 2.75) is 38.3 Å². The number of aliphatic hydroxyl groups is 2. The number of carbonyl (C=O) groups excluding carboxylic acids is 1. The number of thioether (sulfide) groups is 1. The third-order valence-corrected chi connectivity index (χ3v) is 7.67. The minimum absolute atomic E-state index is 0.0378. The molecule has 206 valence electrons. The van der Waals surface area contributed by atoms with Crippen LogP contribution in [0.5, 0.6) is 0 Å². The Labute approximate surface area is 226 Å². The van der Waals surface area contributed by atoms with E-state index in [2.05, 4.69) is 10.1 Å². The molecule has 0 saturated carbocycles. The van der Waals surface area contributed by atoms with Crippen molar-refractivity contribution in [1.82, 2.24) is 14.7 Å². The average molecular weight is 561 g/mol. The number of nitrogens with zero attached hydrogens (tertiary/aromatic N) is 4. The highest BCUT2D eigenvalue weighted by Crippen LogP contribution is 2.36. The van der Waals surface area contributed by atoms with Crippen molar-refractivity contribution in [2.75, 3.05) is 26.3 Å². The first-order chi connectivity index (χ1) is 18.4. The van der Waals surface area contributed by atoms with Gasteiger partial charge in [-0.05, 0) is 66.6 Å². The molecule has 12 heteroatoms. The van der Waals surface area contributed by atoms with Crippen molar-refractivity contribution in [3.05, 3.63) is 69.8 Å². The molecule has 0 spiro atoms. The molecule has 1 aromatic heterocycles. The molecule has 0 bridgehead atoms. The molecule has 2 N–H and O–H groups in total. The predicted octanol–water partition coefficient (Wildman–Crippen LogP) is 3.99. The van der Waals surface area contributed by atoms with Gasteiger partial charge in [0, 0.05) is 18.5 Å². The van der Waals surface area contributed by atoms with Gasteiger partial charge in [0.15, 0.2) is 5.17 Å². The van der Waals surface area contributed by atoms with Gasteiger partial charge in [0.1, 0.15) is 0 Å². The van der Waals surface area contributed by atoms with Crippen LogP contribution in [-0.2, 0) is 27.9 Å². The van der Waals surface area contributed by atoms with Gasteiger partial charge < -0.3 is 19.8 Å². The van der Waals surface area contributed by atoms with E-state index in [1.54, 1.807) is 24.4 Å². The van der Waals surface area contributed by atoms with Crippen molar-refractivity contribution in [3.8, 4) is 0 Å². The number of hydrogen-bond donors (Lipinski definition) is 2. The molecule has 0 radical (unpaired) electrons. The van der Waals surface area contributed by atoms with E-state index in [0.717, 1.165) is 11.6 Å². The quantitative estimate of drug-likeness (QED) is 0.455. The summed E-state index contributed by atoms with van der Waals surface area (Å²) >= 11 is 1.26. The number of amidine groups is 1. The number of aliphatic hydroxyl groups excluding tert-OH is 1. The first-order valence-electron chi connectivity index (χ1n) is 12.3. The monoisotopic (exact) mass is 560 g/mol. The number of amides is 1. The number of alkyl halides is 3. The van der Waals surface area contributed by atoms with Crippen LogP contribution in [0.3, 0.4) is 0 Å². The van der Waals surface area contributed by atoms with E-state index >= 15 is 0 Å². The van der Waals surface area contributed by atoms with Crippen LogP contribution >= 0.6 is 11.8 Å². The Kier molecular flexibility index (Phi) is 7.31. The number of morpholine rings is 1. The van der Waals surface area contributed by atoms with Crippen molar-refractivity contribution in [1.29, 1.82) is 0 Å². The smallest absolute Gasteiger partial charge is 0.394 e. The topological polar surface area (TPSA) is 100 Å². The van der Waals surface area contributed by atoms with Crippen LogP contribution in [0.25, 0.3) is 17.0 Å². The number of aromatic nitrogens is 2. The standard InChI is InChI=1S/C27H27F3N4O4S/c1-26(2,37)19-5-4-17(21(11-19)27(28,29)30)13-34-22-6-3-16(9-18(22)12-31-34)10-23-24(36)32-25(39-23)33-7-8-38-20(14-33)15-35/h3-6,9-12,20,35,37H,7-8,13-15H2,1-2H3/t20-/m0/s1. The Balaban J connectivity index is 1.36. The lowest BCUT2D eigenvalue weighted by atomic mass is 9.93. The van der Waals surface area contributed by atoms with Crippen molar-refractivity contribution in [3.63, 3.8) is 0 Å². The molecule has 8 nitrogen and oxygen atoms in total. The molecule has 39 heavy (non-hydrogen) atoms. The fraction of sp³-hybridized carbons (Fsp3) is 0.370. The maximum absolute atomic E-state index is 13.8. The summed E-state index contributed by atoms with van der Waals surface area (Å²) < 4.78 is 48.5. The third kappa shape index (κ3) is 5.88. The van der Waals surface area contributed by atoms with Crippen LogP contribution in [0.4, 0.5) is 13.2 Å². The van der Waals surface area contributed by atoms with Crippen molar-refractivity contribution in [2.24, 2.45) is 4.99 Å². The summed E-state index contributed by atoms with van der Waals surface area (Å²) in [6.45, 7) is 4.13. The Morgan fingerprint density at radius 2 is 2.00 bits per heavy atom. The Hall–Kier alpha value is -3.19. The van der Waals surface area contributed by atoms with E-state index < -0.39 is 17.3 Å². The number of benzene rings is 2. The maximum Gasteiger partial charge on any atom is 0.416 e. The molecule has 2 aliphatic rings. The second kappa shape index (κ2) is 10.4. The van der Waals surface area contributed by atoms with E-state index in [0.29, 0.717) is 40.7 Å². The molecule has 1 saturated heterocycles. The summed E-state index contributed by atoms with van der Waals surface area (Å²) in [4.78, 5) is 19.1. The molecule has 1 amide bonds. The zero-order valence-corrected chi connectivity index (χ0v) is 22.1. The largest absolute Gasteiger partial charge is 0.416 e. The number of carbonyl (C=O) groups is 1. The Bertz CT molecular complexity index is 1480. The molecule has 1 fully saturated rings. The summed E-state index contributed by atoms with van der Waals surface area (Å²) in [5, 5.41) is 25.1. The SMILES string of the molecule is CC(C)(O)c1ccc(Cn2ncc3cc(C=C4SC(N5CCO[C@H](CO)C5)=NC4=O)ccc32)c(C(F)(F)F)c1. The number of halogens is 3. The van der Waals surface area contributed by atoms with Gasteiger partial charge in [0.25, 0.3) is 5.91 Å². The Morgan fingerprint density at radius 1 is 1.21 bits per heavy atom. The lowest BCUT2D eigenvalue weighted by molar-refractivity contribution is -0.138. The molecule has 2 aliphatic heterocycles. The minimum atomic E-state index is -4.59. The third-order valence-electron chi connectivity index (χ3n) is 6.63. The van der Waals surface area contributed by atoms with E-state index in [-0.39, 0.29) is 36.3 Å². The summed E-state index contributed by atoms with van der Waals surface area (Å²) in [6, 6.07) is 9.20. The maximum atomic E-state index is 13.8. The van der Waals surface area contributed by atoms with Crippen LogP contribution in [0.2, 0.25) is 0 Å². The zero-order valence-electron chi connectivity index (χ0n) is 21.3. The predicted molar refractivity (Wildman–Crippen MR) is 142 cm³/mol. The minimum Gasteiger partial charge on any atom is -0.394 e. The molecule has 3 aromatic rings. The second-order valence-electron chi connectivity index (χ2n) is 9.98. The van der Waals surface area contributed by atoms with Gasteiger partial charge in [-0.15, -0.1) is 0 Å². The molecule has 2 aromatic carbocycles.